The molecule has 154 valence electrons. The van der Waals surface area contributed by atoms with Crippen LogP contribution >= 0.6 is 27.5 Å². The third-order valence-corrected chi connectivity index (χ3v) is 4.62. The molecule has 0 aliphatic rings. The van der Waals surface area contributed by atoms with Gasteiger partial charge in [-0.25, -0.2) is 9.59 Å². The Morgan fingerprint density at radius 1 is 1.27 bits per heavy atom. The van der Waals surface area contributed by atoms with Gasteiger partial charge >= 0.3 is 11.9 Å². The van der Waals surface area contributed by atoms with E-state index in [0.717, 1.165) is 0 Å². The summed E-state index contributed by atoms with van der Waals surface area (Å²) in [7, 11) is 1.41. The van der Waals surface area contributed by atoms with Crippen LogP contribution < -0.4 is 9.47 Å². The quantitative estimate of drug-likeness (QED) is 0.229. The van der Waals surface area contributed by atoms with Crippen molar-refractivity contribution in [1.29, 1.82) is 5.26 Å². The van der Waals surface area contributed by atoms with Crippen molar-refractivity contribution >= 4 is 51.6 Å². The van der Waals surface area contributed by atoms with Gasteiger partial charge in [0.2, 0.25) is 0 Å². The highest BCUT2D eigenvalue weighted by Gasteiger charge is 2.16. The van der Waals surface area contributed by atoms with Crippen LogP contribution in [0.2, 0.25) is 5.02 Å². The lowest BCUT2D eigenvalue weighted by Gasteiger charge is -2.11. The number of halogens is 2. The second-order valence-electron chi connectivity index (χ2n) is 5.70. The van der Waals surface area contributed by atoms with Gasteiger partial charge in [0.15, 0.2) is 11.5 Å². The fraction of sp³-hybridized carbons (Fsp3) is 0.136. The zero-order valence-corrected chi connectivity index (χ0v) is 18.5. The van der Waals surface area contributed by atoms with Crippen LogP contribution in [0.1, 0.15) is 18.1 Å². The standard InChI is InChI=1S/C22H17BrClNO5/c1-3-29-22(27)16(13-25)10-14-11-17(23)21(19(12-14)28-2)30-20(26)9-8-15-6-4-5-7-18(15)24/h4-12H,3H2,1-2H3. The van der Waals surface area contributed by atoms with Crippen molar-refractivity contribution < 1.29 is 23.8 Å². The van der Waals surface area contributed by atoms with Crippen LogP contribution in [0.15, 0.2) is 52.5 Å². The number of nitriles is 1. The lowest BCUT2D eigenvalue weighted by molar-refractivity contribution is -0.138. The van der Waals surface area contributed by atoms with Crippen molar-refractivity contribution in [2.75, 3.05) is 13.7 Å². The average molecular weight is 491 g/mol. The maximum Gasteiger partial charge on any atom is 0.348 e. The van der Waals surface area contributed by atoms with E-state index in [1.165, 1.54) is 25.3 Å². The molecule has 0 saturated heterocycles. The Morgan fingerprint density at radius 2 is 2.00 bits per heavy atom. The maximum atomic E-state index is 12.2. The number of carbonyl (C=O) groups is 2. The van der Waals surface area contributed by atoms with Gasteiger partial charge in [-0.15, -0.1) is 0 Å². The maximum absolute atomic E-state index is 12.2. The van der Waals surface area contributed by atoms with E-state index in [1.807, 2.05) is 0 Å². The summed E-state index contributed by atoms with van der Waals surface area (Å²) in [6, 6.07) is 12.0. The molecular formula is C22H17BrClNO5. The Hall–Kier alpha value is -3.08. The van der Waals surface area contributed by atoms with Crippen molar-refractivity contribution in [3.05, 3.63) is 68.7 Å². The first-order valence-corrected chi connectivity index (χ1v) is 9.87. The largest absolute Gasteiger partial charge is 0.493 e. The summed E-state index contributed by atoms with van der Waals surface area (Å²) < 4.78 is 15.9. The fourth-order valence-corrected chi connectivity index (χ4v) is 3.08. The second-order valence-corrected chi connectivity index (χ2v) is 6.96. The molecule has 0 N–H and O–H groups in total. The molecule has 0 unspecified atom stereocenters. The zero-order chi connectivity index (χ0) is 22.1. The van der Waals surface area contributed by atoms with E-state index in [4.69, 9.17) is 25.8 Å². The Balaban J connectivity index is 2.27. The summed E-state index contributed by atoms with van der Waals surface area (Å²) in [5.41, 5.74) is 0.985. The topological polar surface area (TPSA) is 85.6 Å². The van der Waals surface area contributed by atoms with Gasteiger partial charge in [-0.1, -0.05) is 29.8 Å². The van der Waals surface area contributed by atoms with E-state index in [0.29, 0.717) is 20.6 Å². The molecule has 0 bridgehead atoms. The summed E-state index contributed by atoms with van der Waals surface area (Å²) in [6.07, 6.45) is 4.14. The van der Waals surface area contributed by atoms with Crippen LogP contribution in [-0.2, 0) is 14.3 Å². The van der Waals surface area contributed by atoms with Gasteiger partial charge in [-0.3, -0.25) is 0 Å². The molecule has 2 aromatic rings. The predicted octanol–water partition coefficient (Wildman–Crippen LogP) is 5.20. The molecule has 0 amide bonds. The third kappa shape index (κ3) is 6.21. The number of rotatable bonds is 7. The fourth-order valence-electron chi connectivity index (χ4n) is 2.34. The molecule has 0 radical (unpaired) electrons. The highest BCUT2D eigenvalue weighted by Crippen LogP contribution is 2.37. The number of hydrogen-bond donors (Lipinski definition) is 0. The summed E-state index contributed by atoms with van der Waals surface area (Å²) in [5.74, 6) is -0.980. The lowest BCUT2D eigenvalue weighted by atomic mass is 10.1. The monoisotopic (exact) mass is 489 g/mol. The average Bonchev–Trinajstić information content (AvgIpc) is 2.73. The molecule has 0 spiro atoms. The number of benzene rings is 2. The van der Waals surface area contributed by atoms with Gasteiger partial charge in [-0.05, 0) is 64.3 Å². The van der Waals surface area contributed by atoms with Crippen molar-refractivity contribution in [2.45, 2.75) is 6.92 Å². The van der Waals surface area contributed by atoms with Gasteiger partial charge in [0.1, 0.15) is 11.6 Å². The molecule has 0 heterocycles. The molecule has 0 aliphatic heterocycles. The van der Waals surface area contributed by atoms with Crippen LogP contribution in [0.3, 0.4) is 0 Å². The van der Waals surface area contributed by atoms with Crippen LogP contribution in [0, 0.1) is 11.3 Å². The molecule has 0 saturated carbocycles. The Morgan fingerprint density at radius 3 is 2.63 bits per heavy atom. The number of carbonyl (C=O) groups excluding carboxylic acids is 2. The summed E-state index contributed by atoms with van der Waals surface area (Å²) >= 11 is 9.39. The predicted molar refractivity (Wildman–Crippen MR) is 117 cm³/mol. The van der Waals surface area contributed by atoms with Gasteiger partial charge in [0.25, 0.3) is 0 Å². The second kappa shape index (κ2) is 11.2. The highest BCUT2D eigenvalue weighted by molar-refractivity contribution is 9.10. The number of esters is 2. The van der Waals surface area contributed by atoms with E-state index in [9.17, 15) is 14.9 Å². The highest BCUT2D eigenvalue weighted by atomic mass is 79.9. The summed E-state index contributed by atoms with van der Waals surface area (Å²) in [4.78, 5) is 24.0. The molecule has 0 aromatic heterocycles. The number of nitrogens with zero attached hydrogens (tertiary/aromatic N) is 1. The first-order valence-electron chi connectivity index (χ1n) is 8.70. The van der Waals surface area contributed by atoms with Gasteiger partial charge in [0.05, 0.1) is 18.2 Å². The first-order chi connectivity index (χ1) is 14.4. The molecule has 0 atom stereocenters. The lowest BCUT2D eigenvalue weighted by Crippen LogP contribution is -2.07. The minimum Gasteiger partial charge on any atom is -0.493 e. The molecule has 2 rings (SSSR count). The molecular weight excluding hydrogens is 474 g/mol. The smallest absolute Gasteiger partial charge is 0.348 e. The SMILES string of the molecule is CCOC(=O)C(C#N)=Cc1cc(Br)c(OC(=O)C=Cc2ccccc2Cl)c(OC)c1. The van der Waals surface area contributed by atoms with Crippen molar-refractivity contribution in [1.82, 2.24) is 0 Å². The van der Waals surface area contributed by atoms with Crippen molar-refractivity contribution in [3.63, 3.8) is 0 Å². The van der Waals surface area contributed by atoms with E-state index in [2.05, 4.69) is 15.9 Å². The molecule has 0 fully saturated rings. The van der Waals surface area contributed by atoms with Crippen molar-refractivity contribution in [2.24, 2.45) is 0 Å². The van der Waals surface area contributed by atoms with E-state index >= 15 is 0 Å². The van der Waals surface area contributed by atoms with Crippen LogP contribution in [0.4, 0.5) is 0 Å². The molecule has 8 heteroatoms. The summed E-state index contributed by atoms with van der Waals surface area (Å²) in [5, 5.41) is 9.68. The minimum atomic E-state index is -0.727. The van der Waals surface area contributed by atoms with Crippen LogP contribution in [0.5, 0.6) is 11.5 Å². The summed E-state index contributed by atoms with van der Waals surface area (Å²) in [6.45, 7) is 1.80. The Kier molecular flexibility index (Phi) is 8.66. The number of methoxy groups -OCH3 is 1. The van der Waals surface area contributed by atoms with Gasteiger partial charge in [-0.2, -0.15) is 5.26 Å². The van der Waals surface area contributed by atoms with Gasteiger partial charge in [0, 0.05) is 11.1 Å². The Bertz CT molecular complexity index is 1060. The number of ether oxygens (including phenoxy) is 3. The molecule has 30 heavy (non-hydrogen) atoms. The molecule has 0 aliphatic carbocycles. The van der Waals surface area contributed by atoms with Crippen LogP contribution in [-0.4, -0.2) is 25.7 Å². The zero-order valence-electron chi connectivity index (χ0n) is 16.1. The van der Waals surface area contributed by atoms with Crippen molar-refractivity contribution in [3.8, 4) is 17.6 Å². The van der Waals surface area contributed by atoms with Gasteiger partial charge < -0.3 is 14.2 Å². The molecule has 6 nitrogen and oxygen atoms in total. The van der Waals surface area contributed by atoms with Crippen LogP contribution in [0.25, 0.3) is 12.2 Å². The molecule has 2 aromatic carbocycles. The van der Waals surface area contributed by atoms with E-state index in [-0.39, 0.29) is 23.7 Å². The van der Waals surface area contributed by atoms with E-state index < -0.39 is 11.9 Å². The van der Waals surface area contributed by atoms with E-state index in [1.54, 1.807) is 49.4 Å². The normalized spacial score (nSPS) is 11.1. The Labute approximate surface area is 187 Å². The number of hydrogen-bond acceptors (Lipinski definition) is 6. The minimum absolute atomic E-state index is 0.151. The third-order valence-electron chi connectivity index (χ3n) is 3.69. The first kappa shape index (κ1) is 23.2.